The highest BCUT2D eigenvalue weighted by Gasteiger charge is 2.17. The van der Waals surface area contributed by atoms with Gasteiger partial charge in [-0.05, 0) is 33.6 Å². The van der Waals surface area contributed by atoms with Crippen molar-refractivity contribution in [2.45, 2.75) is 6.54 Å². The highest BCUT2D eigenvalue weighted by molar-refractivity contribution is 9.10. The van der Waals surface area contributed by atoms with Gasteiger partial charge in [-0.1, -0.05) is 0 Å². The minimum atomic E-state index is 0.0730. The van der Waals surface area contributed by atoms with Crippen molar-refractivity contribution in [1.29, 1.82) is 0 Å². The Morgan fingerprint density at radius 3 is 2.93 bits per heavy atom. The van der Waals surface area contributed by atoms with Crippen molar-refractivity contribution in [2.24, 2.45) is 16.5 Å². The summed E-state index contributed by atoms with van der Waals surface area (Å²) in [6, 6.07) is 3.76. The van der Waals surface area contributed by atoms with Crippen LogP contribution in [0.2, 0.25) is 0 Å². The summed E-state index contributed by atoms with van der Waals surface area (Å²) in [5.74, 6) is 1.51. The van der Waals surface area contributed by atoms with Crippen LogP contribution in [-0.4, -0.2) is 12.8 Å². The summed E-state index contributed by atoms with van der Waals surface area (Å²) >= 11 is 3.39. The van der Waals surface area contributed by atoms with Gasteiger partial charge in [-0.3, -0.25) is 0 Å². The molecule has 0 unspecified atom stereocenters. The summed E-state index contributed by atoms with van der Waals surface area (Å²) < 4.78 is 11.4. The molecule has 15 heavy (non-hydrogen) atoms. The topological polar surface area (TPSA) is 82.9 Å². The van der Waals surface area contributed by atoms with Crippen LogP contribution in [0.4, 0.5) is 0 Å². The molecule has 2 rings (SSSR count). The van der Waals surface area contributed by atoms with Crippen molar-refractivity contribution in [2.75, 3.05) is 6.79 Å². The molecule has 0 spiro atoms. The summed E-state index contributed by atoms with van der Waals surface area (Å²) in [4.78, 5) is 3.92. The van der Waals surface area contributed by atoms with E-state index >= 15 is 0 Å². The van der Waals surface area contributed by atoms with E-state index in [4.69, 9.17) is 20.9 Å². The van der Waals surface area contributed by atoms with Gasteiger partial charge in [0, 0.05) is 0 Å². The highest BCUT2D eigenvalue weighted by Crippen LogP contribution is 2.40. The number of rotatable bonds is 2. The van der Waals surface area contributed by atoms with E-state index in [9.17, 15) is 0 Å². The van der Waals surface area contributed by atoms with Gasteiger partial charge in [0.05, 0.1) is 11.0 Å². The zero-order valence-electron chi connectivity index (χ0n) is 7.87. The second-order valence-corrected chi connectivity index (χ2v) is 3.91. The molecule has 1 heterocycles. The molecule has 6 heteroatoms. The quantitative estimate of drug-likeness (QED) is 0.620. The van der Waals surface area contributed by atoms with E-state index in [1.807, 2.05) is 12.1 Å². The van der Waals surface area contributed by atoms with Gasteiger partial charge in [-0.2, -0.15) is 0 Å². The van der Waals surface area contributed by atoms with Crippen molar-refractivity contribution in [1.82, 2.24) is 0 Å². The molecule has 80 valence electrons. The lowest BCUT2D eigenvalue weighted by molar-refractivity contribution is 0.173. The van der Waals surface area contributed by atoms with Crippen LogP contribution in [0.15, 0.2) is 21.6 Å². The first-order chi connectivity index (χ1) is 7.16. The Balaban J connectivity index is 2.27. The number of aliphatic imine (C=N–C) groups is 1. The van der Waals surface area contributed by atoms with Gasteiger partial charge >= 0.3 is 0 Å². The Bertz CT molecular complexity index is 416. The molecule has 0 aliphatic carbocycles. The van der Waals surface area contributed by atoms with Crippen molar-refractivity contribution in [3.63, 3.8) is 0 Å². The van der Waals surface area contributed by atoms with Gasteiger partial charge in [-0.25, -0.2) is 4.99 Å². The van der Waals surface area contributed by atoms with Crippen LogP contribution >= 0.6 is 15.9 Å². The number of nitrogens with two attached hydrogens (primary N) is 2. The smallest absolute Gasteiger partial charge is 0.231 e. The average Bonchev–Trinajstić information content (AvgIpc) is 2.63. The number of hydrogen-bond acceptors (Lipinski definition) is 3. The SMILES string of the molecule is NC(N)=NCc1cc(Br)c2c(c1)OCO2. The Hall–Kier alpha value is -1.43. The number of ether oxygens (including phenoxy) is 2. The third-order valence-corrected chi connectivity index (χ3v) is 2.52. The summed E-state index contributed by atoms with van der Waals surface area (Å²) in [6.07, 6.45) is 0. The zero-order chi connectivity index (χ0) is 10.8. The predicted molar refractivity (Wildman–Crippen MR) is 59.8 cm³/mol. The van der Waals surface area contributed by atoms with E-state index < -0.39 is 0 Å². The molecular weight excluding hydrogens is 262 g/mol. The number of halogens is 1. The Kier molecular flexibility index (Phi) is 2.68. The molecular formula is C9H10BrN3O2. The summed E-state index contributed by atoms with van der Waals surface area (Å²) in [5.41, 5.74) is 11.5. The minimum absolute atomic E-state index is 0.0730. The van der Waals surface area contributed by atoms with Gasteiger partial charge in [0.15, 0.2) is 17.5 Å². The fourth-order valence-corrected chi connectivity index (χ4v) is 1.90. The molecule has 0 saturated heterocycles. The third-order valence-electron chi connectivity index (χ3n) is 1.93. The van der Waals surface area contributed by atoms with Crippen LogP contribution < -0.4 is 20.9 Å². The monoisotopic (exact) mass is 271 g/mol. The molecule has 4 N–H and O–H groups in total. The van der Waals surface area contributed by atoms with Crippen LogP contribution in [-0.2, 0) is 6.54 Å². The Labute approximate surface area is 95.2 Å². The molecule has 0 amide bonds. The van der Waals surface area contributed by atoms with Crippen LogP contribution in [0.5, 0.6) is 11.5 Å². The fourth-order valence-electron chi connectivity index (χ4n) is 1.29. The average molecular weight is 272 g/mol. The van der Waals surface area contributed by atoms with E-state index in [1.54, 1.807) is 0 Å². The lowest BCUT2D eigenvalue weighted by atomic mass is 10.2. The maximum Gasteiger partial charge on any atom is 0.231 e. The van der Waals surface area contributed by atoms with E-state index in [2.05, 4.69) is 20.9 Å². The molecule has 5 nitrogen and oxygen atoms in total. The van der Waals surface area contributed by atoms with Crippen LogP contribution in [0, 0.1) is 0 Å². The standard InChI is InChI=1S/C9H10BrN3O2/c10-6-1-5(3-13-9(11)12)2-7-8(6)15-4-14-7/h1-2H,3-4H2,(H4,11,12,13). The van der Waals surface area contributed by atoms with E-state index in [-0.39, 0.29) is 12.8 Å². The highest BCUT2D eigenvalue weighted by atomic mass is 79.9. The molecule has 0 atom stereocenters. The van der Waals surface area contributed by atoms with Gasteiger partial charge in [0.25, 0.3) is 0 Å². The van der Waals surface area contributed by atoms with E-state index in [0.717, 1.165) is 15.8 Å². The maximum absolute atomic E-state index is 5.26. The molecule has 1 aliphatic heterocycles. The second-order valence-electron chi connectivity index (χ2n) is 3.05. The van der Waals surface area contributed by atoms with Crippen molar-refractivity contribution in [3.8, 4) is 11.5 Å². The lowest BCUT2D eigenvalue weighted by Gasteiger charge is -2.02. The van der Waals surface area contributed by atoms with Crippen LogP contribution in [0.3, 0.4) is 0 Å². The largest absolute Gasteiger partial charge is 0.454 e. The zero-order valence-corrected chi connectivity index (χ0v) is 9.45. The van der Waals surface area contributed by atoms with Gasteiger partial charge in [-0.15, -0.1) is 0 Å². The third kappa shape index (κ3) is 2.15. The number of hydrogen-bond donors (Lipinski definition) is 2. The molecule has 0 radical (unpaired) electrons. The lowest BCUT2D eigenvalue weighted by Crippen LogP contribution is -2.22. The molecule has 0 bridgehead atoms. The summed E-state index contributed by atoms with van der Waals surface area (Å²) in [5, 5.41) is 0. The second kappa shape index (κ2) is 3.98. The fraction of sp³-hybridized carbons (Fsp3) is 0.222. The first kappa shape index (κ1) is 10.1. The van der Waals surface area contributed by atoms with Crippen molar-refractivity contribution >= 4 is 21.9 Å². The normalized spacial score (nSPS) is 12.6. The molecule has 0 saturated carbocycles. The van der Waals surface area contributed by atoms with E-state index in [1.165, 1.54) is 0 Å². The number of fused-ring (bicyclic) bond motifs is 1. The first-order valence-corrected chi connectivity index (χ1v) is 5.09. The van der Waals surface area contributed by atoms with Gasteiger partial charge in [0.2, 0.25) is 6.79 Å². The predicted octanol–water partition coefficient (Wildman–Crippen LogP) is 0.951. The summed E-state index contributed by atoms with van der Waals surface area (Å²) in [6.45, 7) is 0.678. The molecule has 1 aromatic carbocycles. The summed E-state index contributed by atoms with van der Waals surface area (Å²) in [7, 11) is 0. The number of guanidine groups is 1. The first-order valence-electron chi connectivity index (χ1n) is 4.30. The Morgan fingerprint density at radius 2 is 2.20 bits per heavy atom. The van der Waals surface area contributed by atoms with E-state index in [0.29, 0.717) is 12.3 Å². The molecule has 0 aromatic heterocycles. The Morgan fingerprint density at radius 1 is 1.40 bits per heavy atom. The van der Waals surface area contributed by atoms with Gasteiger partial charge < -0.3 is 20.9 Å². The maximum atomic E-state index is 5.26. The molecule has 1 aliphatic rings. The van der Waals surface area contributed by atoms with Crippen molar-refractivity contribution < 1.29 is 9.47 Å². The minimum Gasteiger partial charge on any atom is -0.454 e. The molecule has 1 aromatic rings. The van der Waals surface area contributed by atoms with Gasteiger partial charge in [0.1, 0.15) is 0 Å². The molecule has 0 fully saturated rings. The number of benzene rings is 1. The van der Waals surface area contributed by atoms with Crippen LogP contribution in [0.1, 0.15) is 5.56 Å². The van der Waals surface area contributed by atoms with Crippen molar-refractivity contribution in [3.05, 3.63) is 22.2 Å². The number of nitrogens with zero attached hydrogens (tertiary/aromatic N) is 1. The van der Waals surface area contributed by atoms with Crippen LogP contribution in [0.25, 0.3) is 0 Å².